The Morgan fingerprint density at radius 2 is 1.79 bits per heavy atom. The molecule has 1 saturated heterocycles. The molecule has 1 amide bonds. The fraction of sp³-hybridized carbons (Fsp3) is 0.227. The molecule has 144 valence electrons. The van der Waals surface area contributed by atoms with Crippen molar-refractivity contribution in [3.05, 3.63) is 71.1 Å². The number of nitrogens with one attached hydrogen (secondary N) is 1. The van der Waals surface area contributed by atoms with E-state index in [1.165, 1.54) is 6.08 Å². The molecule has 28 heavy (non-hydrogen) atoms. The van der Waals surface area contributed by atoms with Gasteiger partial charge in [-0.05, 0) is 48.7 Å². The van der Waals surface area contributed by atoms with Crippen LogP contribution in [0.15, 0.2) is 60.0 Å². The normalized spacial score (nSPS) is 14.7. The number of anilines is 1. The van der Waals surface area contributed by atoms with Crippen molar-refractivity contribution in [2.45, 2.75) is 19.3 Å². The van der Waals surface area contributed by atoms with E-state index in [9.17, 15) is 13.2 Å². The highest BCUT2D eigenvalue weighted by atomic mass is 32.2. The summed E-state index contributed by atoms with van der Waals surface area (Å²) in [4.78, 5) is 13.8. The van der Waals surface area contributed by atoms with Gasteiger partial charge < -0.3 is 4.90 Å². The molecule has 0 saturated carbocycles. The minimum atomic E-state index is -3.54. The van der Waals surface area contributed by atoms with Gasteiger partial charge in [0.2, 0.25) is 15.9 Å². The van der Waals surface area contributed by atoms with Crippen molar-refractivity contribution in [3.8, 4) is 11.8 Å². The molecule has 1 heterocycles. The number of benzene rings is 2. The number of sulfonamides is 1. The maximum absolute atomic E-state index is 12.0. The predicted octanol–water partition coefficient (Wildman–Crippen LogP) is 3.15. The highest BCUT2D eigenvalue weighted by Gasteiger charge is 2.19. The van der Waals surface area contributed by atoms with E-state index < -0.39 is 10.0 Å². The zero-order chi connectivity index (χ0) is 19.8. The molecule has 0 bridgehead atoms. The lowest BCUT2D eigenvalue weighted by molar-refractivity contribution is -0.119. The number of hydrogen-bond acceptors (Lipinski definition) is 3. The van der Waals surface area contributed by atoms with E-state index in [0.29, 0.717) is 6.42 Å². The minimum absolute atomic E-state index is 0.0217. The topological polar surface area (TPSA) is 66.5 Å². The van der Waals surface area contributed by atoms with Gasteiger partial charge in [0.25, 0.3) is 0 Å². The van der Waals surface area contributed by atoms with E-state index in [1.807, 2.05) is 54.6 Å². The molecule has 0 radical (unpaired) electrons. The van der Waals surface area contributed by atoms with Gasteiger partial charge in [0.05, 0.1) is 6.54 Å². The molecule has 2 aromatic rings. The van der Waals surface area contributed by atoms with Crippen LogP contribution >= 0.6 is 0 Å². The number of hydrogen-bond donors (Lipinski definition) is 1. The maximum Gasteiger partial charge on any atom is 0.234 e. The van der Waals surface area contributed by atoms with E-state index in [4.69, 9.17) is 0 Å². The molecule has 6 heteroatoms. The largest absolute Gasteiger partial charge is 0.312 e. The van der Waals surface area contributed by atoms with Crippen LogP contribution in [0.3, 0.4) is 0 Å². The van der Waals surface area contributed by atoms with Gasteiger partial charge in [-0.3, -0.25) is 4.79 Å². The zero-order valence-electron chi connectivity index (χ0n) is 15.5. The van der Waals surface area contributed by atoms with Crippen molar-refractivity contribution in [2.24, 2.45) is 0 Å². The highest BCUT2D eigenvalue weighted by molar-refractivity contribution is 7.92. The molecule has 1 N–H and O–H groups in total. The fourth-order valence-electron chi connectivity index (χ4n) is 2.87. The lowest BCUT2D eigenvalue weighted by atomic mass is 10.1. The van der Waals surface area contributed by atoms with Gasteiger partial charge in [-0.1, -0.05) is 42.2 Å². The molecule has 1 fully saturated rings. The Balaban J connectivity index is 1.54. The summed E-state index contributed by atoms with van der Waals surface area (Å²) in [6, 6.07) is 16.6. The molecule has 0 atom stereocenters. The molecule has 1 aliphatic rings. The van der Waals surface area contributed by atoms with Crippen LogP contribution in [0.25, 0.3) is 6.08 Å². The van der Waals surface area contributed by atoms with Crippen molar-refractivity contribution in [1.29, 1.82) is 0 Å². The van der Waals surface area contributed by atoms with Gasteiger partial charge in [-0.2, -0.15) is 4.72 Å². The Labute approximate surface area is 166 Å². The Morgan fingerprint density at radius 1 is 1.04 bits per heavy atom. The Kier molecular flexibility index (Phi) is 6.64. The number of nitrogens with zero attached hydrogens (tertiary/aromatic N) is 1. The molecule has 5 nitrogen and oxygen atoms in total. The molecule has 0 aromatic heterocycles. The monoisotopic (exact) mass is 394 g/mol. The molecule has 0 unspecified atom stereocenters. The summed E-state index contributed by atoms with van der Waals surface area (Å²) >= 11 is 0. The standard InChI is InChI=1S/C22H22N2O3S/c25-22-10-4-5-17-24(22)21-13-11-20(12-14-21)9-6-16-23-28(26,27)18-15-19-7-2-1-3-8-19/h1-3,7-8,11-15,18,23H,4-5,10,16-17H2/b18-15+. The van der Waals surface area contributed by atoms with Crippen LogP contribution in [0.5, 0.6) is 0 Å². The first-order valence-electron chi connectivity index (χ1n) is 9.16. The molecular weight excluding hydrogens is 372 g/mol. The summed E-state index contributed by atoms with van der Waals surface area (Å²) in [7, 11) is -3.54. The molecule has 0 spiro atoms. The van der Waals surface area contributed by atoms with Crippen LogP contribution < -0.4 is 9.62 Å². The average molecular weight is 394 g/mol. The van der Waals surface area contributed by atoms with Crippen LogP contribution in [0, 0.1) is 11.8 Å². The molecule has 0 aliphatic carbocycles. The smallest absolute Gasteiger partial charge is 0.234 e. The first-order chi connectivity index (χ1) is 13.5. The third-order valence-corrected chi connectivity index (χ3v) is 5.38. The number of piperidine rings is 1. The Hall–Kier alpha value is -2.88. The van der Waals surface area contributed by atoms with Crippen molar-refractivity contribution < 1.29 is 13.2 Å². The predicted molar refractivity (Wildman–Crippen MR) is 112 cm³/mol. The summed E-state index contributed by atoms with van der Waals surface area (Å²) < 4.78 is 26.4. The lowest BCUT2D eigenvalue weighted by Gasteiger charge is -2.26. The average Bonchev–Trinajstić information content (AvgIpc) is 2.72. The van der Waals surface area contributed by atoms with E-state index in [2.05, 4.69) is 16.6 Å². The van der Waals surface area contributed by atoms with E-state index in [-0.39, 0.29) is 12.5 Å². The zero-order valence-corrected chi connectivity index (χ0v) is 16.3. The van der Waals surface area contributed by atoms with Crippen molar-refractivity contribution in [2.75, 3.05) is 18.0 Å². The van der Waals surface area contributed by atoms with Crippen LogP contribution in [0.4, 0.5) is 5.69 Å². The van der Waals surface area contributed by atoms with Crippen LogP contribution in [-0.4, -0.2) is 27.4 Å². The number of rotatable bonds is 5. The molecule has 3 rings (SSSR count). The van der Waals surface area contributed by atoms with Gasteiger partial charge in [0.1, 0.15) is 0 Å². The van der Waals surface area contributed by atoms with E-state index in [0.717, 1.165) is 41.6 Å². The fourth-order valence-corrected chi connectivity index (χ4v) is 3.57. The minimum Gasteiger partial charge on any atom is -0.312 e. The van der Waals surface area contributed by atoms with Crippen molar-refractivity contribution in [3.63, 3.8) is 0 Å². The van der Waals surface area contributed by atoms with E-state index in [1.54, 1.807) is 4.90 Å². The van der Waals surface area contributed by atoms with Crippen molar-refractivity contribution >= 4 is 27.7 Å². The van der Waals surface area contributed by atoms with Gasteiger partial charge in [0.15, 0.2) is 0 Å². The SMILES string of the molecule is O=C1CCCCN1c1ccc(C#CCNS(=O)(=O)/C=C/c2ccccc2)cc1. The third kappa shape index (κ3) is 5.81. The summed E-state index contributed by atoms with van der Waals surface area (Å²) in [5.74, 6) is 5.89. The van der Waals surface area contributed by atoms with Crippen molar-refractivity contribution in [1.82, 2.24) is 4.72 Å². The van der Waals surface area contributed by atoms with Gasteiger partial charge >= 0.3 is 0 Å². The quantitative estimate of drug-likeness (QED) is 0.793. The number of carbonyl (C=O) groups is 1. The molecule has 1 aliphatic heterocycles. The first kappa shape index (κ1) is 19.9. The van der Waals surface area contributed by atoms with Gasteiger partial charge in [-0.15, -0.1) is 0 Å². The Morgan fingerprint density at radius 3 is 2.50 bits per heavy atom. The second kappa shape index (κ2) is 9.36. The number of amides is 1. The Bertz CT molecular complexity index is 1000. The summed E-state index contributed by atoms with van der Waals surface area (Å²) in [5.41, 5.74) is 2.46. The second-order valence-electron chi connectivity index (χ2n) is 6.43. The van der Waals surface area contributed by atoms with Crippen LogP contribution in [0.1, 0.15) is 30.4 Å². The first-order valence-corrected chi connectivity index (χ1v) is 10.7. The maximum atomic E-state index is 12.0. The number of carbonyl (C=O) groups excluding carboxylic acids is 1. The van der Waals surface area contributed by atoms with Gasteiger partial charge in [0, 0.05) is 29.6 Å². The van der Waals surface area contributed by atoms with E-state index >= 15 is 0 Å². The molecule has 2 aromatic carbocycles. The van der Waals surface area contributed by atoms with Crippen LogP contribution in [-0.2, 0) is 14.8 Å². The van der Waals surface area contributed by atoms with Crippen LogP contribution in [0.2, 0.25) is 0 Å². The van der Waals surface area contributed by atoms with Gasteiger partial charge in [-0.25, -0.2) is 8.42 Å². The highest BCUT2D eigenvalue weighted by Crippen LogP contribution is 2.21. The summed E-state index contributed by atoms with van der Waals surface area (Å²) in [6.07, 6.45) is 4.11. The molecular formula is C22H22N2O3S. The lowest BCUT2D eigenvalue weighted by Crippen LogP contribution is -2.35. The second-order valence-corrected chi connectivity index (χ2v) is 8.08. The summed E-state index contributed by atoms with van der Waals surface area (Å²) in [6.45, 7) is 0.774. The third-order valence-electron chi connectivity index (χ3n) is 4.34. The summed E-state index contributed by atoms with van der Waals surface area (Å²) in [5, 5.41) is 1.13.